The number of aromatic nitrogens is 1. The van der Waals surface area contributed by atoms with Gasteiger partial charge in [-0.2, -0.15) is 0 Å². The van der Waals surface area contributed by atoms with Crippen LogP contribution in [0, 0.1) is 0 Å². The van der Waals surface area contributed by atoms with Crippen molar-refractivity contribution in [3.63, 3.8) is 0 Å². The number of nitrogens with zero attached hydrogens (tertiary/aromatic N) is 1. The fraction of sp³-hybridized carbons (Fsp3) is 0.550. The number of unbranched alkanes of at least 4 members (excludes halogenated alkanes) is 2. The first-order chi connectivity index (χ1) is 23.6. The number of hydrogen-bond donors (Lipinski definition) is 5. The van der Waals surface area contributed by atoms with Crippen LogP contribution in [0.15, 0.2) is 60.9 Å². The second kappa shape index (κ2) is 17.4. The molecule has 3 aromatic rings. The zero-order chi connectivity index (χ0) is 35.0. The molecule has 5 rings (SSSR count). The number of carbonyl (C=O) groups is 1. The average molecular weight is 694 g/mol. The van der Waals surface area contributed by atoms with E-state index < -0.39 is 31.0 Å². The lowest BCUT2D eigenvalue weighted by atomic mass is 9.84. The molecular formula is C40H52ClNO7. The molecule has 49 heavy (non-hydrogen) atoms. The predicted octanol–water partition coefficient (Wildman–Crippen LogP) is 6.45. The predicted molar refractivity (Wildman–Crippen MR) is 191 cm³/mol. The summed E-state index contributed by atoms with van der Waals surface area (Å²) >= 11 is 6.75. The molecule has 266 valence electrons. The van der Waals surface area contributed by atoms with Gasteiger partial charge in [-0.05, 0) is 110 Å². The van der Waals surface area contributed by atoms with Crippen LogP contribution in [0.1, 0.15) is 107 Å². The fourth-order valence-corrected chi connectivity index (χ4v) is 6.98. The summed E-state index contributed by atoms with van der Waals surface area (Å²) in [5.41, 5.74) is 6.19. The molecule has 5 atom stereocenters. The van der Waals surface area contributed by atoms with Crippen LogP contribution in [0.4, 0.5) is 0 Å². The number of pyridine rings is 1. The van der Waals surface area contributed by atoms with Gasteiger partial charge in [0.15, 0.2) is 0 Å². The Hall–Kier alpha value is -2.85. The van der Waals surface area contributed by atoms with Crippen molar-refractivity contribution in [3.8, 4) is 16.9 Å². The number of ketones is 1. The quantitative estimate of drug-likeness (QED) is 0.0803. The van der Waals surface area contributed by atoms with Crippen molar-refractivity contribution in [2.24, 2.45) is 0 Å². The maximum atomic E-state index is 12.3. The Morgan fingerprint density at radius 3 is 2.43 bits per heavy atom. The molecule has 0 spiro atoms. The SMILES string of the molecule is C[C@@H](CCCCCC(=O)CC[C@H](O)[C@@H](O)[C@H](O)[C@H](O)CO)c1ccc(Cl)c(CCC2(c3cnccc3-c3ccccc3OC3CC3)CC2)c1. The Morgan fingerprint density at radius 2 is 1.69 bits per heavy atom. The van der Waals surface area contributed by atoms with Crippen molar-refractivity contribution in [1.82, 2.24) is 4.98 Å². The molecule has 9 heteroatoms. The fourth-order valence-electron chi connectivity index (χ4n) is 6.76. The third-order valence-corrected chi connectivity index (χ3v) is 10.8. The molecule has 1 aromatic heterocycles. The van der Waals surface area contributed by atoms with Gasteiger partial charge in [0.1, 0.15) is 29.8 Å². The van der Waals surface area contributed by atoms with Crippen molar-refractivity contribution in [2.45, 2.75) is 132 Å². The highest BCUT2D eigenvalue weighted by Gasteiger charge is 2.45. The molecule has 2 aliphatic carbocycles. The number of carbonyl (C=O) groups excluding carboxylic acids is 1. The van der Waals surface area contributed by atoms with Gasteiger partial charge in [-0.15, -0.1) is 0 Å². The second-order valence-corrected chi connectivity index (χ2v) is 14.6. The molecule has 0 unspecified atom stereocenters. The summed E-state index contributed by atoms with van der Waals surface area (Å²) in [6.07, 6.45) is 8.54. The Labute approximate surface area is 295 Å². The number of hydrogen-bond acceptors (Lipinski definition) is 8. The number of rotatable bonds is 21. The first-order valence-corrected chi connectivity index (χ1v) is 18.3. The molecule has 2 aromatic carbocycles. The van der Waals surface area contributed by atoms with E-state index in [0.717, 1.165) is 80.5 Å². The van der Waals surface area contributed by atoms with Crippen molar-refractivity contribution in [3.05, 3.63) is 82.6 Å². The van der Waals surface area contributed by atoms with E-state index in [1.54, 1.807) is 0 Å². The van der Waals surface area contributed by atoms with E-state index in [4.69, 9.17) is 21.4 Å². The average Bonchev–Trinajstić information content (AvgIpc) is 4.07. The van der Waals surface area contributed by atoms with E-state index >= 15 is 0 Å². The first-order valence-electron chi connectivity index (χ1n) is 18.0. The largest absolute Gasteiger partial charge is 0.490 e. The maximum absolute atomic E-state index is 12.3. The summed E-state index contributed by atoms with van der Waals surface area (Å²) in [4.78, 5) is 16.9. The van der Waals surface area contributed by atoms with Crippen molar-refractivity contribution in [2.75, 3.05) is 6.61 Å². The standard InChI is InChI=1S/C40H52ClNO7/c1-26(7-3-2-4-8-29(44)12-16-35(45)38(47)39(48)36(46)25-43)27-11-15-34(41)28(23-27)17-19-40(20-21-40)33-24-42-22-18-31(33)32-9-5-6-10-37(32)49-30-13-14-30/h5-6,9-11,15,18,22-24,26,30,35-36,38-39,43,45-48H,2-4,7-8,12-14,16-17,19-21,25H2,1H3/t26-,35-,36+,38+,39+/m0/s1. The van der Waals surface area contributed by atoms with Crippen LogP contribution in [0.5, 0.6) is 5.75 Å². The number of para-hydroxylation sites is 1. The van der Waals surface area contributed by atoms with Gasteiger partial charge in [0.25, 0.3) is 0 Å². The monoisotopic (exact) mass is 693 g/mol. The van der Waals surface area contributed by atoms with Gasteiger partial charge < -0.3 is 30.3 Å². The van der Waals surface area contributed by atoms with Gasteiger partial charge in [-0.1, -0.05) is 61.7 Å². The van der Waals surface area contributed by atoms with Crippen LogP contribution >= 0.6 is 11.6 Å². The van der Waals surface area contributed by atoms with Gasteiger partial charge in [0, 0.05) is 35.8 Å². The highest BCUT2D eigenvalue weighted by Crippen LogP contribution is 2.55. The molecule has 2 aliphatic rings. The minimum atomic E-state index is -1.68. The minimum Gasteiger partial charge on any atom is -0.490 e. The number of aliphatic hydroxyl groups excluding tert-OH is 5. The van der Waals surface area contributed by atoms with E-state index in [1.165, 1.54) is 22.3 Å². The zero-order valence-corrected chi connectivity index (χ0v) is 29.3. The normalized spacial score (nSPS) is 18.3. The third kappa shape index (κ3) is 10.1. The molecule has 0 saturated heterocycles. The topological polar surface area (TPSA) is 140 Å². The summed E-state index contributed by atoms with van der Waals surface area (Å²) in [5, 5.41) is 48.9. The Balaban J connectivity index is 1.09. The summed E-state index contributed by atoms with van der Waals surface area (Å²) < 4.78 is 6.28. The maximum Gasteiger partial charge on any atom is 0.133 e. The molecule has 2 saturated carbocycles. The van der Waals surface area contributed by atoms with E-state index in [2.05, 4.69) is 54.5 Å². The second-order valence-electron chi connectivity index (χ2n) is 14.2. The smallest absolute Gasteiger partial charge is 0.133 e. The Kier molecular flexibility index (Phi) is 13.3. The molecule has 1 heterocycles. The molecule has 2 fully saturated rings. The van der Waals surface area contributed by atoms with Gasteiger partial charge in [-0.25, -0.2) is 0 Å². The van der Waals surface area contributed by atoms with Crippen LogP contribution in [-0.2, 0) is 16.6 Å². The van der Waals surface area contributed by atoms with Gasteiger partial charge >= 0.3 is 0 Å². The Bertz CT molecular complexity index is 1520. The highest BCUT2D eigenvalue weighted by molar-refractivity contribution is 6.31. The summed E-state index contributed by atoms with van der Waals surface area (Å²) in [7, 11) is 0. The zero-order valence-electron chi connectivity index (χ0n) is 28.5. The number of ether oxygens (including phenoxy) is 1. The molecular weight excluding hydrogens is 642 g/mol. The van der Waals surface area contributed by atoms with Gasteiger partial charge in [0.2, 0.25) is 0 Å². The molecule has 0 amide bonds. The van der Waals surface area contributed by atoms with Crippen LogP contribution in [-0.4, -0.2) is 73.4 Å². The van der Waals surface area contributed by atoms with Crippen molar-refractivity contribution < 1.29 is 35.1 Å². The lowest BCUT2D eigenvalue weighted by Gasteiger charge is -2.25. The van der Waals surface area contributed by atoms with Gasteiger partial charge in [-0.3, -0.25) is 9.78 Å². The summed E-state index contributed by atoms with van der Waals surface area (Å²) in [6.45, 7) is 1.50. The van der Waals surface area contributed by atoms with E-state index in [0.29, 0.717) is 18.4 Å². The van der Waals surface area contributed by atoms with E-state index in [1.807, 2.05) is 18.3 Å². The number of aryl methyl sites for hydroxylation is 1. The number of halogens is 1. The number of aliphatic hydroxyl groups is 5. The highest BCUT2D eigenvalue weighted by atomic mass is 35.5. The summed E-state index contributed by atoms with van der Waals surface area (Å²) in [6, 6.07) is 16.9. The first kappa shape index (κ1) is 37.4. The Morgan fingerprint density at radius 1 is 0.939 bits per heavy atom. The number of Topliss-reactive ketones (excluding diaryl/α,β-unsaturated/α-hetero) is 1. The number of benzene rings is 2. The van der Waals surface area contributed by atoms with Crippen LogP contribution in [0.2, 0.25) is 5.02 Å². The van der Waals surface area contributed by atoms with Crippen LogP contribution < -0.4 is 4.74 Å². The van der Waals surface area contributed by atoms with Crippen molar-refractivity contribution >= 4 is 17.4 Å². The van der Waals surface area contributed by atoms with Crippen molar-refractivity contribution in [1.29, 1.82) is 0 Å². The molecule has 0 radical (unpaired) electrons. The van der Waals surface area contributed by atoms with Crippen LogP contribution in [0.25, 0.3) is 11.1 Å². The minimum absolute atomic E-state index is 0.0125. The lowest BCUT2D eigenvalue weighted by Crippen LogP contribution is -2.45. The summed E-state index contributed by atoms with van der Waals surface area (Å²) in [5.74, 6) is 1.29. The van der Waals surface area contributed by atoms with Gasteiger partial charge in [0.05, 0.1) is 18.8 Å². The van der Waals surface area contributed by atoms with E-state index in [9.17, 15) is 25.2 Å². The molecule has 0 bridgehead atoms. The van der Waals surface area contributed by atoms with Crippen LogP contribution in [0.3, 0.4) is 0 Å². The molecule has 0 aliphatic heterocycles. The van der Waals surface area contributed by atoms with E-state index in [-0.39, 0.29) is 24.0 Å². The lowest BCUT2D eigenvalue weighted by molar-refractivity contribution is -0.125. The third-order valence-electron chi connectivity index (χ3n) is 10.4. The molecule has 5 N–H and O–H groups in total. The molecule has 8 nitrogen and oxygen atoms in total.